The van der Waals surface area contributed by atoms with Crippen molar-refractivity contribution in [3.8, 4) is 11.5 Å². The van der Waals surface area contributed by atoms with Gasteiger partial charge in [-0.1, -0.05) is 6.07 Å². The van der Waals surface area contributed by atoms with E-state index in [1.807, 2.05) is 0 Å². The first kappa shape index (κ1) is 14.0. The Bertz CT molecular complexity index is 444. The molecule has 0 spiro atoms. The number of carbonyl (C=O) groups excluding carboxylic acids is 1. The molecule has 1 aromatic carbocycles. The van der Waals surface area contributed by atoms with E-state index in [1.54, 1.807) is 4.90 Å². The molecule has 104 valence electrons. The zero-order chi connectivity index (χ0) is 13.8. The summed E-state index contributed by atoms with van der Waals surface area (Å²) in [7, 11) is 0. The number of carbonyl (C=O) groups is 1. The van der Waals surface area contributed by atoms with Crippen LogP contribution in [0.1, 0.15) is 36.0 Å². The van der Waals surface area contributed by atoms with Crippen molar-refractivity contribution in [1.82, 2.24) is 4.90 Å². The summed E-state index contributed by atoms with van der Waals surface area (Å²) >= 11 is 5.69. The van der Waals surface area contributed by atoms with Gasteiger partial charge in [-0.25, -0.2) is 0 Å². The zero-order valence-corrected chi connectivity index (χ0v) is 11.4. The molecule has 1 amide bonds. The number of halogens is 1. The Kier molecular flexibility index (Phi) is 4.53. The fourth-order valence-corrected chi connectivity index (χ4v) is 2.76. The molecule has 4 nitrogen and oxygen atoms in total. The number of hydrogen-bond acceptors (Lipinski definition) is 3. The van der Waals surface area contributed by atoms with Crippen LogP contribution in [0, 0.1) is 0 Å². The molecule has 0 radical (unpaired) electrons. The summed E-state index contributed by atoms with van der Waals surface area (Å²) in [4.78, 5) is 14.2. The zero-order valence-electron chi connectivity index (χ0n) is 10.7. The third kappa shape index (κ3) is 2.95. The topological polar surface area (TPSA) is 60.8 Å². The van der Waals surface area contributed by atoms with E-state index in [0.717, 1.165) is 25.7 Å². The molecule has 1 unspecified atom stereocenters. The molecule has 19 heavy (non-hydrogen) atoms. The number of benzene rings is 1. The smallest absolute Gasteiger partial charge is 0.261 e. The summed E-state index contributed by atoms with van der Waals surface area (Å²) in [6.07, 6.45) is 3.64. The molecule has 0 saturated carbocycles. The summed E-state index contributed by atoms with van der Waals surface area (Å²) in [5, 5.41) is 19.5. The predicted molar refractivity (Wildman–Crippen MR) is 73.8 cm³/mol. The Labute approximate surface area is 117 Å². The Balaban J connectivity index is 2.18. The molecule has 1 heterocycles. The van der Waals surface area contributed by atoms with Gasteiger partial charge in [-0.05, 0) is 37.8 Å². The molecule has 0 aromatic heterocycles. The van der Waals surface area contributed by atoms with Crippen molar-refractivity contribution in [2.24, 2.45) is 0 Å². The minimum absolute atomic E-state index is 0.000253. The monoisotopic (exact) mass is 283 g/mol. The van der Waals surface area contributed by atoms with E-state index < -0.39 is 0 Å². The maximum Gasteiger partial charge on any atom is 0.261 e. The SMILES string of the molecule is O=C(c1c(O)cccc1O)N1CCCC1CCCCl. The number of likely N-dealkylation sites (tertiary alicyclic amines) is 1. The van der Waals surface area contributed by atoms with Gasteiger partial charge < -0.3 is 15.1 Å². The predicted octanol–water partition coefficient (Wildman–Crippen LogP) is 2.72. The standard InChI is InChI=1S/C14H18ClNO3/c15-8-2-4-10-5-3-9-16(10)14(19)13-11(17)6-1-7-12(13)18/h1,6-7,10,17-18H,2-5,8-9H2. The van der Waals surface area contributed by atoms with Crippen molar-refractivity contribution < 1.29 is 15.0 Å². The minimum atomic E-state index is -0.298. The minimum Gasteiger partial charge on any atom is -0.507 e. The second-order valence-electron chi connectivity index (χ2n) is 4.80. The van der Waals surface area contributed by atoms with Crippen LogP contribution in [0.15, 0.2) is 18.2 Å². The van der Waals surface area contributed by atoms with Gasteiger partial charge in [-0.15, -0.1) is 11.6 Å². The average Bonchev–Trinajstić information content (AvgIpc) is 2.84. The molecule has 1 aromatic rings. The number of phenolic OH excluding ortho intramolecular Hbond substituents is 2. The molecule has 0 aliphatic carbocycles. The highest BCUT2D eigenvalue weighted by Gasteiger charge is 2.31. The Morgan fingerprint density at radius 3 is 2.68 bits per heavy atom. The maximum absolute atomic E-state index is 12.4. The van der Waals surface area contributed by atoms with Crippen LogP contribution in [-0.2, 0) is 0 Å². The Morgan fingerprint density at radius 2 is 2.05 bits per heavy atom. The third-order valence-corrected chi connectivity index (χ3v) is 3.81. The summed E-state index contributed by atoms with van der Waals surface area (Å²) < 4.78 is 0. The van der Waals surface area contributed by atoms with E-state index in [9.17, 15) is 15.0 Å². The highest BCUT2D eigenvalue weighted by atomic mass is 35.5. The van der Waals surface area contributed by atoms with Gasteiger partial charge in [0, 0.05) is 18.5 Å². The lowest BCUT2D eigenvalue weighted by molar-refractivity contribution is 0.0724. The van der Waals surface area contributed by atoms with Crippen LogP contribution in [0.5, 0.6) is 11.5 Å². The van der Waals surface area contributed by atoms with Crippen LogP contribution in [0.2, 0.25) is 0 Å². The molecule has 2 rings (SSSR count). The van der Waals surface area contributed by atoms with Crippen molar-refractivity contribution in [3.63, 3.8) is 0 Å². The number of nitrogens with zero attached hydrogens (tertiary/aromatic N) is 1. The molecule has 1 aliphatic rings. The van der Waals surface area contributed by atoms with Gasteiger partial charge in [0.1, 0.15) is 17.1 Å². The first-order valence-electron chi connectivity index (χ1n) is 6.53. The van der Waals surface area contributed by atoms with Crippen molar-refractivity contribution in [3.05, 3.63) is 23.8 Å². The summed E-state index contributed by atoms with van der Waals surface area (Å²) in [6.45, 7) is 0.666. The molecule has 1 fully saturated rings. The number of aromatic hydroxyl groups is 2. The van der Waals surface area contributed by atoms with Gasteiger partial charge in [0.15, 0.2) is 0 Å². The molecule has 1 saturated heterocycles. The largest absolute Gasteiger partial charge is 0.507 e. The first-order valence-corrected chi connectivity index (χ1v) is 7.06. The number of rotatable bonds is 4. The van der Waals surface area contributed by atoms with E-state index in [-0.39, 0.29) is 29.0 Å². The van der Waals surface area contributed by atoms with E-state index in [0.29, 0.717) is 12.4 Å². The van der Waals surface area contributed by atoms with Gasteiger partial charge in [-0.3, -0.25) is 4.79 Å². The second-order valence-corrected chi connectivity index (χ2v) is 5.18. The first-order chi connectivity index (χ1) is 9.15. The van der Waals surface area contributed by atoms with Gasteiger partial charge in [0.05, 0.1) is 0 Å². The van der Waals surface area contributed by atoms with Gasteiger partial charge in [0.2, 0.25) is 0 Å². The summed E-state index contributed by atoms with van der Waals surface area (Å²) in [5.74, 6) is -0.0611. The van der Waals surface area contributed by atoms with Crippen molar-refractivity contribution in [2.45, 2.75) is 31.7 Å². The van der Waals surface area contributed by atoms with E-state index in [2.05, 4.69) is 0 Å². The quantitative estimate of drug-likeness (QED) is 0.835. The molecule has 0 bridgehead atoms. The van der Waals surface area contributed by atoms with Crippen LogP contribution in [-0.4, -0.2) is 39.5 Å². The number of alkyl halides is 1. The van der Waals surface area contributed by atoms with Crippen molar-refractivity contribution >= 4 is 17.5 Å². The lowest BCUT2D eigenvalue weighted by Crippen LogP contribution is -2.35. The van der Waals surface area contributed by atoms with Crippen LogP contribution < -0.4 is 0 Å². The number of phenols is 2. The highest BCUT2D eigenvalue weighted by Crippen LogP contribution is 2.31. The molecular formula is C14H18ClNO3. The van der Waals surface area contributed by atoms with Crippen molar-refractivity contribution in [1.29, 1.82) is 0 Å². The Morgan fingerprint density at radius 1 is 1.37 bits per heavy atom. The molecule has 1 aliphatic heterocycles. The van der Waals surface area contributed by atoms with Crippen LogP contribution >= 0.6 is 11.6 Å². The molecular weight excluding hydrogens is 266 g/mol. The van der Waals surface area contributed by atoms with Crippen LogP contribution in [0.4, 0.5) is 0 Å². The number of amides is 1. The van der Waals surface area contributed by atoms with Crippen LogP contribution in [0.25, 0.3) is 0 Å². The fourth-order valence-electron chi connectivity index (χ4n) is 2.61. The normalized spacial score (nSPS) is 18.8. The van der Waals surface area contributed by atoms with Crippen LogP contribution in [0.3, 0.4) is 0 Å². The highest BCUT2D eigenvalue weighted by molar-refractivity contribution is 6.17. The number of hydrogen-bond donors (Lipinski definition) is 2. The van der Waals surface area contributed by atoms with Gasteiger partial charge in [-0.2, -0.15) is 0 Å². The lowest BCUT2D eigenvalue weighted by Gasteiger charge is -2.25. The van der Waals surface area contributed by atoms with E-state index >= 15 is 0 Å². The Hall–Kier alpha value is -1.42. The lowest BCUT2D eigenvalue weighted by atomic mass is 10.1. The summed E-state index contributed by atoms with van der Waals surface area (Å²) in [5.41, 5.74) is 0.000253. The summed E-state index contributed by atoms with van der Waals surface area (Å²) in [6, 6.07) is 4.49. The van der Waals surface area contributed by atoms with E-state index in [4.69, 9.17) is 11.6 Å². The van der Waals surface area contributed by atoms with Gasteiger partial charge >= 0.3 is 0 Å². The molecule has 1 atom stereocenters. The fraction of sp³-hybridized carbons (Fsp3) is 0.500. The molecule has 2 N–H and O–H groups in total. The average molecular weight is 284 g/mol. The van der Waals surface area contributed by atoms with Gasteiger partial charge in [0.25, 0.3) is 5.91 Å². The van der Waals surface area contributed by atoms with Crippen molar-refractivity contribution in [2.75, 3.05) is 12.4 Å². The third-order valence-electron chi connectivity index (χ3n) is 3.54. The maximum atomic E-state index is 12.4. The van der Waals surface area contributed by atoms with E-state index in [1.165, 1.54) is 18.2 Å². The second kappa shape index (κ2) is 6.15. The molecule has 5 heteroatoms.